The Labute approximate surface area is 150 Å². The summed E-state index contributed by atoms with van der Waals surface area (Å²) >= 11 is 0. The van der Waals surface area contributed by atoms with E-state index in [0.29, 0.717) is 12.3 Å². The molecule has 0 unspecified atom stereocenters. The van der Waals surface area contributed by atoms with Crippen molar-refractivity contribution in [2.75, 3.05) is 32.8 Å². The van der Waals surface area contributed by atoms with Crippen LogP contribution >= 0.6 is 0 Å². The number of nitrogens with zero attached hydrogens (tertiary/aromatic N) is 1. The Morgan fingerprint density at radius 2 is 2.12 bits per heavy atom. The van der Waals surface area contributed by atoms with Gasteiger partial charge in [0.05, 0.1) is 18.4 Å². The number of ether oxygens (including phenoxy) is 2. The number of hydrogen-bond acceptors (Lipinski definition) is 5. The monoisotopic (exact) mass is 371 g/mol. The highest BCUT2D eigenvalue weighted by molar-refractivity contribution is 7.89. The van der Waals surface area contributed by atoms with E-state index >= 15 is 0 Å². The Morgan fingerprint density at radius 1 is 1.36 bits per heavy atom. The van der Waals surface area contributed by atoms with Crippen molar-refractivity contribution < 1.29 is 23.0 Å². The lowest BCUT2D eigenvalue weighted by Crippen LogP contribution is -2.38. The van der Waals surface area contributed by atoms with Crippen molar-refractivity contribution in [3.05, 3.63) is 29.8 Å². The predicted molar refractivity (Wildman–Crippen MR) is 96.9 cm³/mol. The molecule has 0 radical (unpaired) electrons. The Kier molecular flexibility index (Phi) is 7.68. The van der Waals surface area contributed by atoms with Crippen LogP contribution in [0.5, 0.6) is 5.75 Å². The minimum atomic E-state index is -3.53. The largest absolute Gasteiger partial charge is 0.493 e. The van der Waals surface area contributed by atoms with Crippen molar-refractivity contribution in [3.63, 3.8) is 0 Å². The lowest BCUT2D eigenvalue weighted by atomic mass is 10.0. The van der Waals surface area contributed by atoms with Gasteiger partial charge < -0.3 is 14.6 Å². The smallest absolute Gasteiger partial charge is 0.216 e. The molecule has 142 valence electrons. The second kappa shape index (κ2) is 9.52. The van der Waals surface area contributed by atoms with E-state index in [-0.39, 0.29) is 31.6 Å². The maximum atomic E-state index is 12.7. The van der Waals surface area contributed by atoms with E-state index in [1.165, 1.54) is 24.3 Å². The highest BCUT2D eigenvalue weighted by Gasteiger charge is 2.30. The SMILES string of the molecule is CC[C@H](c1cccc(OCC2CC2)c1)N(COC)S(=O)(=O)CCCO. The fourth-order valence-electron chi connectivity index (χ4n) is 2.77. The lowest BCUT2D eigenvalue weighted by molar-refractivity contribution is 0.0916. The molecule has 1 N–H and O–H groups in total. The molecule has 0 spiro atoms. The number of benzene rings is 1. The molecule has 0 amide bonds. The van der Waals surface area contributed by atoms with Gasteiger partial charge in [0, 0.05) is 13.7 Å². The second-order valence-electron chi connectivity index (χ2n) is 6.45. The topological polar surface area (TPSA) is 76.1 Å². The third-order valence-corrected chi connectivity index (χ3v) is 6.21. The van der Waals surface area contributed by atoms with Crippen LogP contribution in [-0.4, -0.2) is 50.6 Å². The fraction of sp³-hybridized carbons (Fsp3) is 0.667. The molecule has 1 saturated carbocycles. The highest BCUT2D eigenvalue weighted by atomic mass is 32.2. The van der Waals surface area contributed by atoms with Crippen LogP contribution in [-0.2, 0) is 14.8 Å². The first kappa shape index (κ1) is 20.2. The van der Waals surface area contributed by atoms with Crippen LogP contribution in [0.15, 0.2) is 24.3 Å². The molecule has 0 heterocycles. The normalized spacial score (nSPS) is 16.2. The third kappa shape index (κ3) is 5.95. The molecule has 2 rings (SSSR count). The zero-order valence-electron chi connectivity index (χ0n) is 15.1. The van der Waals surface area contributed by atoms with E-state index in [1.807, 2.05) is 31.2 Å². The van der Waals surface area contributed by atoms with Gasteiger partial charge in [0.1, 0.15) is 12.5 Å². The van der Waals surface area contributed by atoms with E-state index in [0.717, 1.165) is 17.9 Å². The van der Waals surface area contributed by atoms with Gasteiger partial charge in [0.15, 0.2) is 0 Å². The Balaban J connectivity index is 2.19. The predicted octanol–water partition coefficient (Wildman–Crippen LogP) is 2.54. The average molecular weight is 371 g/mol. The van der Waals surface area contributed by atoms with E-state index in [9.17, 15) is 8.42 Å². The molecule has 1 aliphatic carbocycles. The maximum Gasteiger partial charge on any atom is 0.216 e. The van der Waals surface area contributed by atoms with Crippen LogP contribution in [0.25, 0.3) is 0 Å². The lowest BCUT2D eigenvalue weighted by Gasteiger charge is -2.30. The van der Waals surface area contributed by atoms with Crippen LogP contribution < -0.4 is 4.74 Å². The van der Waals surface area contributed by atoms with Crippen molar-refractivity contribution in [2.45, 2.75) is 38.6 Å². The number of hydrogen-bond donors (Lipinski definition) is 1. The molecule has 1 aromatic rings. The van der Waals surface area contributed by atoms with Crippen LogP contribution in [0.4, 0.5) is 0 Å². The zero-order valence-corrected chi connectivity index (χ0v) is 15.9. The van der Waals surface area contributed by atoms with Crippen LogP contribution in [0, 0.1) is 5.92 Å². The molecule has 0 aromatic heterocycles. The standard InChI is InChI=1S/C18H29NO5S/c1-3-18(19(14-23-2)25(21,22)11-5-10-20)16-6-4-7-17(12-16)24-13-15-8-9-15/h4,6-7,12,15,18,20H,3,5,8-11,13-14H2,1-2H3/t18-/m1/s1. The molecular weight excluding hydrogens is 342 g/mol. The Morgan fingerprint density at radius 3 is 2.72 bits per heavy atom. The summed E-state index contributed by atoms with van der Waals surface area (Å²) in [5.74, 6) is 1.34. The summed E-state index contributed by atoms with van der Waals surface area (Å²) in [7, 11) is -2.04. The van der Waals surface area contributed by atoms with Gasteiger partial charge in [0.2, 0.25) is 10.0 Å². The first-order chi connectivity index (χ1) is 12.0. The van der Waals surface area contributed by atoms with Crippen molar-refractivity contribution in [2.24, 2.45) is 5.92 Å². The van der Waals surface area contributed by atoms with Crippen LogP contribution in [0.2, 0.25) is 0 Å². The Hall–Kier alpha value is -1.15. The molecule has 1 fully saturated rings. The molecule has 0 saturated heterocycles. The highest BCUT2D eigenvalue weighted by Crippen LogP contribution is 2.32. The van der Waals surface area contributed by atoms with Gasteiger partial charge in [-0.25, -0.2) is 8.42 Å². The number of sulfonamides is 1. The van der Waals surface area contributed by atoms with Crippen molar-refractivity contribution in [1.82, 2.24) is 4.31 Å². The van der Waals surface area contributed by atoms with Gasteiger partial charge in [-0.1, -0.05) is 19.1 Å². The number of rotatable bonds is 12. The van der Waals surface area contributed by atoms with Crippen molar-refractivity contribution in [1.29, 1.82) is 0 Å². The molecular formula is C18H29NO5S. The van der Waals surface area contributed by atoms with E-state index in [4.69, 9.17) is 14.6 Å². The Bertz CT molecular complexity index is 630. The van der Waals surface area contributed by atoms with Crippen molar-refractivity contribution in [3.8, 4) is 5.75 Å². The zero-order chi connectivity index (χ0) is 18.3. The first-order valence-corrected chi connectivity index (χ1v) is 10.4. The summed E-state index contributed by atoms with van der Waals surface area (Å²) in [6.45, 7) is 2.50. The molecule has 1 aliphatic rings. The molecule has 1 atom stereocenters. The molecule has 25 heavy (non-hydrogen) atoms. The number of aliphatic hydroxyl groups excluding tert-OH is 1. The second-order valence-corrected chi connectivity index (χ2v) is 8.49. The van der Waals surface area contributed by atoms with E-state index in [2.05, 4.69) is 0 Å². The summed E-state index contributed by atoms with van der Waals surface area (Å²) in [6, 6.07) is 7.31. The summed E-state index contributed by atoms with van der Waals surface area (Å²) in [5.41, 5.74) is 0.889. The van der Waals surface area contributed by atoms with Crippen LogP contribution in [0.1, 0.15) is 44.2 Å². The molecule has 6 nitrogen and oxygen atoms in total. The molecule has 7 heteroatoms. The summed E-state index contributed by atoms with van der Waals surface area (Å²) < 4.78 is 37.7. The molecule has 0 aliphatic heterocycles. The summed E-state index contributed by atoms with van der Waals surface area (Å²) in [4.78, 5) is 0. The van der Waals surface area contributed by atoms with Gasteiger partial charge in [-0.2, -0.15) is 4.31 Å². The quantitative estimate of drug-likeness (QED) is 0.572. The molecule has 1 aromatic carbocycles. The minimum Gasteiger partial charge on any atom is -0.493 e. The van der Waals surface area contributed by atoms with Gasteiger partial charge in [-0.05, 0) is 49.3 Å². The summed E-state index contributed by atoms with van der Waals surface area (Å²) in [5, 5.41) is 8.97. The maximum absolute atomic E-state index is 12.7. The minimum absolute atomic E-state index is 0.0145. The third-order valence-electron chi connectivity index (χ3n) is 4.33. The van der Waals surface area contributed by atoms with Gasteiger partial charge in [0.25, 0.3) is 0 Å². The van der Waals surface area contributed by atoms with Crippen LogP contribution in [0.3, 0.4) is 0 Å². The van der Waals surface area contributed by atoms with E-state index in [1.54, 1.807) is 0 Å². The van der Waals surface area contributed by atoms with Gasteiger partial charge in [-0.3, -0.25) is 0 Å². The van der Waals surface area contributed by atoms with Crippen molar-refractivity contribution >= 4 is 10.0 Å². The fourth-order valence-corrected chi connectivity index (χ4v) is 4.42. The average Bonchev–Trinajstić information content (AvgIpc) is 3.43. The molecule has 0 bridgehead atoms. The first-order valence-electron chi connectivity index (χ1n) is 8.84. The number of aliphatic hydroxyl groups is 1. The van der Waals surface area contributed by atoms with E-state index < -0.39 is 10.0 Å². The van der Waals surface area contributed by atoms with Gasteiger partial charge in [-0.15, -0.1) is 0 Å². The summed E-state index contributed by atoms with van der Waals surface area (Å²) in [6.07, 6.45) is 3.28. The number of methoxy groups -OCH3 is 1. The van der Waals surface area contributed by atoms with Gasteiger partial charge >= 0.3 is 0 Å².